The lowest BCUT2D eigenvalue weighted by Gasteiger charge is -2.31. The van der Waals surface area contributed by atoms with Gasteiger partial charge >= 0.3 is 0 Å². The van der Waals surface area contributed by atoms with Crippen LogP contribution in [0.5, 0.6) is 0 Å². The fraction of sp³-hybridized carbons (Fsp3) is 0.333. The Morgan fingerprint density at radius 1 is 1.29 bits per heavy atom. The summed E-state index contributed by atoms with van der Waals surface area (Å²) in [5.41, 5.74) is 7.01. The predicted octanol–water partition coefficient (Wildman–Crippen LogP) is 1.52. The SMILES string of the molecule is NC1(C(=O)Nc2ccc(-c3ncc[nH]3)cc2)CCOCC1. The highest BCUT2D eigenvalue weighted by Crippen LogP contribution is 2.22. The smallest absolute Gasteiger partial charge is 0.244 e. The zero-order valence-corrected chi connectivity index (χ0v) is 11.6. The van der Waals surface area contributed by atoms with Gasteiger partial charge in [-0.05, 0) is 37.1 Å². The van der Waals surface area contributed by atoms with E-state index in [1.165, 1.54) is 0 Å². The quantitative estimate of drug-likeness (QED) is 0.797. The Kier molecular flexibility index (Phi) is 3.72. The summed E-state index contributed by atoms with van der Waals surface area (Å²) >= 11 is 0. The predicted molar refractivity (Wildman–Crippen MR) is 79.6 cm³/mol. The molecule has 3 rings (SSSR count). The van der Waals surface area contributed by atoms with E-state index in [4.69, 9.17) is 10.5 Å². The van der Waals surface area contributed by atoms with Crippen molar-refractivity contribution >= 4 is 11.6 Å². The van der Waals surface area contributed by atoms with Crippen LogP contribution in [0, 0.1) is 0 Å². The van der Waals surface area contributed by atoms with Gasteiger partial charge in [-0.25, -0.2) is 4.98 Å². The van der Waals surface area contributed by atoms with E-state index in [9.17, 15) is 4.79 Å². The Labute approximate surface area is 122 Å². The van der Waals surface area contributed by atoms with Crippen molar-refractivity contribution in [3.05, 3.63) is 36.7 Å². The Hall–Kier alpha value is -2.18. The molecule has 1 aromatic heterocycles. The first-order valence-corrected chi connectivity index (χ1v) is 6.95. The first kappa shape index (κ1) is 13.8. The van der Waals surface area contributed by atoms with Gasteiger partial charge in [-0.1, -0.05) is 0 Å². The largest absolute Gasteiger partial charge is 0.381 e. The van der Waals surface area contributed by atoms with Gasteiger partial charge in [-0.15, -0.1) is 0 Å². The van der Waals surface area contributed by atoms with Gasteiger partial charge in [0.05, 0.1) is 0 Å². The van der Waals surface area contributed by atoms with Crippen molar-refractivity contribution in [3.8, 4) is 11.4 Å². The number of carbonyl (C=O) groups is 1. The number of imidazole rings is 1. The lowest BCUT2D eigenvalue weighted by atomic mass is 9.90. The third-order valence-electron chi connectivity index (χ3n) is 3.75. The van der Waals surface area contributed by atoms with Crippen LogP contribution < -0.4 is 11.1 Å². The first-order valence-electron chi connectivity index (χ1n) is 6.95. The maximum atomic E-state index is 12.3. The molecule has 110 valence electrons. The van der Waals surface area contributed by atoms with Crippen molar-refractivity contribution in [1.82, 2.24) is 9.97 Å². The topological polar surface area (TPSA) is 93.0 Å². The number of nitrogens with zero attached hydrogens (tertiary/aromatic N) is 1. The fourth-order valence-corrected chi connectivity index (χ4v) is 2.35. The molecule has 2 aromatic rings. The molecule has 0 unspecified atom stereocenters. The maximum absolute atomic E-state index is 12.3. The Morgan fingerprint density at radius 3 is 2.62 bits per heavy atom. The summed E-state index contributed by atoms with van der Waals surface area (Å²) in [5, 5.41) is 2.87. The van der Waals surface area contributed by atoms with Crippen LogP contribution in [0.2, 0.25) is 0 Å². The number of rotatable bonds is 3. The van der Waals surface area contributed by atoms with Crippen molar-refractivity contribution in [3.63, 3.8) is 0 Å². The summed E-state index contributed by atoms with van der Waals surface area (Å²) in [4.78, 5) is 19.5. The number of aromatic nitrogens is 2. The van der Waals surface area contributed by atoms with Crippen LogP contribution in [0.3, 0.4) is 0 Å². The Balaban J connectivity index is 1.69. The normalized spacial score (nSPS) is 17.4. The highest BCUT2D eigenvalue weighted by molar-refractivity contribution is 5.98. The Bertz CT molecular complexity index is 601. The molecule has 0 bridgehead atoms. The van der Waals surface area contributed by atoms with Crippen molar-refractivity contribution in [1.29, 1.82) is 0 Å². The maximum Gasteiger partial charge on any atom is 0.244 e. The van der Waals surface area contributed by atoms with E-state index in [0.717, 1.165) is 17.1 Å². The number of carbonyl (C=O) groups excluding carboxylic acids is 1. The minimum Gasteiger partial charge on any atom is -0.381 e. The molecule has 0 radical (unpaired) electrons. The van der Waals surface area contributed by atoms with E-state index in [2.05, 4.69) is 15.3 Å². The number of anilines is 1. The number of H-pyrrole nitrogens is 1. The van der Waals surface area contributed by atoms with Crippen molar-refractivity contribution in [2.45, 2.75) is 18.4 Å². The van der Waals surface area contributed by atoms with Gasteiger partial charge in [0, 0.05) is 36.9 Å². The average molecular weight is 286 g/mol. The highest BCUT2D eigenvalue weighted by atomic mass is 16.5. The molecule has 2 heterocycles. The molecule has 1 saturated heterocycles. The van der Waals surface area contributed by atoms with E-state index in [1.807, 2.05) is 24.3 Å². The molecule has 0 saturated carbocycles. The number of hydrogen-bond donors (Lipinski definition) is 3. The van der Waals surface area contributed by atoms with Crippen LogP contribution in [0.1, 0.15) is 12.8 Å². The summed E-state index contributed by atoms with van der Waals surface area (Å²) in [5.74, 6) is 0.643. The van der Waals surface area contributed by atoms with Crippen LogP contribution in [0.4, 0.5) is 5.69 Å². The van der Waals surface area contributed by atoms with E-state index in [1.54, 1.807) is 12.4 Å². The van der Waals surface area contributed by atoms with Crippen LogP contribution in [0.15, 0.2) is 36.7 Å². The molecule has 0 aliphatic carbocycles. The second kappa shape index (κ2) is 5.67. The number of aromatic amines is 1. The van der Waals surface area contributed by atoms with Gasteiger partial charge < -0.3 is 20.8 Å². The fourth-order valence-electron chi connectivity index (χ4n) is 2.35. The number of ether oxygens (including phenoxy) is 1. The van der Waals surface area contributed by atoms with E-state index < -0.39 is 5.54 Å². The van der Waals surface area contributed by atoms with Gasteiger partial charge in [-0.3, -0.25) is 4.79 Å². The van der Waals surface area contributed by atoms with Crippen LogP contribution in [0.25, 0.3) is 11.4 Å². The van der Waals surface area contributed by atoms with Crippen LogP contribution in [-0.4, -0.2) is 34.6 Å². The number of nitrogens with one attached hydrogen (secondary N) is 2. The average Bonchev–Trinajstić information content (AvgIpc) is 3.03. The standard InChI is InChI=1S/C15H18N4O2/c16-15(5-9-21-10-6-15)14(20)19-12-3-1-11(2-4-12)13-17-7-8-18-13/h1-4,7-8H,5-6,9-10,16H2,(H,17,18)(H,19,20). The van der Waals surface area contributed by atoms with Crippen molar-refractivity contribution in [2.24, 2.45) is 5.73 Å². The summed E-state index contributed by atoms with van der Waals surface area (Å²) < 4.78 is 5.25. The molecule has 1 aliphatic rings. The lowest BCUT2D eigenvalue weighted by Crippen LogP contribution is -2.54. The van der Waals surface area contributed by atoms with Gasteiger partial charge in [0.15, 0.2) is 0 Å². The molecule has 0 atom stereocenters. The highest BCUT2D eigenvalue weighted by Gasteiger charge is 2.35. The minimum atomic E-state index is -0.835. The monoisotopic (exact) mass is 286 g/mol. The van der Waals surface area contributed by atoms with Crippen molar-refractivity contribution in [2.75, 3.05) is 18.5 Å². The molecule has 1 amide bonds. The molecular formula is C15H18N4O2. The molecule has 1 aromatic carbocycles. The number of nitrogens with two attached hydrogens (primary N) is 1. The summed E-state index contributed by atoms with van der Waals surface area (Å²) in [6, 6.07) is 7.50. The molecule has 6 heteroatoms. The van der Waals surface area contributed by atoms with Gasteiger partial charge in [0.2, 0.25) is 5.91 Å². The second-order valence-corrected chi connectivity index (χ2v) is 5.24. The molecule has 4 N–H and O–H groups in total. The zero-order chi connectivity index (χ0) is 14.7. The van der Waals surface area contributed by atoms with E-state index >= 15 is 0 Å². The summed E-state index contributed by atoms with van der Waals surface area (Å²) in [6.07, 6.45) is 4.56. The molecule has 21 heavy (non-hydrogen) atoms. The second-order valence-electron chi connectivity index (χ2n) is 5.24. The number of benzene rings is 1. The molecule has 6 nitrogen and oxygen atoms in total. The van der Waals surface area contributed by atoms with E-state index in [0.29, 0.717) is 26.1 Å². The number of hydrogen-bond acceptors (Lipinski definition) is 4. The number of amides is 1. The third-order valence-corrected chi connectivity index (χ3v) is 3.75. The summed E-state index contributed by atoms with van der Waals surface area (Å²) in [6.45, 7) is 1.06. The summed E-state index contributed by atoms with van der Waals surface area (Å²) in [7, 11) is 0. The van der Waals surface area contributed by atoms with E-state index in [-0.39, 0.29) is 5.91 Å². The van der Waals surface area contributed by atoms with Gasteiger partial charge in [0.1, 0.15) is 11.4 Å². The molecule has 1 fully saturated rings. The van der Waals surface area contributed by atoms with Crippen LogP contribution in [-0.2, 0) is 9.53 Å². The molecule has 1 aliphatic heterocycles. The Morgan fingerprint density at radius 2 is 2.00 bits per heavy atom. The molecule has 0 spiro atoms. The van der Waals surface area contributed by atoms with Gasteiger partial charge in [-0.2, -0.15) is 0 Å². The lowest BCUT2D eigenvalue weighted by molar-refractivity contribution is -0.124. The van der Waals surface area contributed by atoms with Crippen LogP contribution >= 0.6 is 0 Å². The third kappa shape index (κ3) is 2.96. The first-order chi connectivity index (χ1) is 10.2. The van der Waals surface area contributed by atoms with Crippen molar-refractivity contribution < 1.29 is 9.53 Å². The molecular weight excluding hydrogens is 268 g/mol. The minimum absolute atomic E-state index is 0.156. The van der Waals surface area contributed by atoms with Gasteiger partial charge in [0.25, 0.3) is 0 Å². The zero-order valence-electron chi connectivity index (χ0n) is 11.6.